The monoisotopic (exact) mass is 289 g/mol. The van der Waals surface area contributed by atoms with Crippen LogP contribution in [0.5, 0.6) is 0 Å². The van der Waals surface area contributed by atoms with Crippen molar-refractivity contribution in [2.24, 2.45) is 0 Å². The summed E-state index contributed by atoms with van der Waals surface area (Å²) < 4.78 is 0. The maximum atomic E-state index is 12.0. The number of nitrogens with one attached hydrogen (secondary N) is 2. The highest BCUT2D eigenvalue weighted by molar-refractivity contribution is 6.04. The molecule has 8 nitrogen and oxygen atoms in total. The summed E-state index contributed by atoms with van der Waals surface area (Å²) in [5, 5.41) is 22.1. The Bertz CT molecular complexity index is 753. The van der Waals surface area contributed by atoms with E-state index < -0.39 is 16.4 Å². The van der Waals surface area contributed by atoms with E-state index in [2.05, 4.69) is 10.3 Å². The number of nitro groups is 1. The minimum absolute atomic E-state index is 0.193. The van der Waals surface area contributed by atoms with Crippen molar-refractivity contribution in [1.82, 2.24) is 4.98 Å². The van der Waals surface area contributed by atoms with Crippen molar-refractivity contribution in [3.8, 4) is 0 Å². The molecule has 1 aromatic carbocycles. The van der Waals surface area contributed by atoms with Crippen LogP contribution in [-0.2, 0) is 6.61 Å². The number of H-pyrrole nitrogens is 1. The zero-order chi connectivity index (χ0) is 15.4. The average molecular weight is 289 g/mol. The molecule has 0 aliphatic heterocycles. The molecule has 21 heavy (non-hydrogen) atoms. The second-order valence-corrected chi connectivity index (χ2v) is 4.17. The number of hydrogen-bond acceptors (Lipinski definition) is 5. The van der Waals surface area contributed by atoms with Gasteiger partial charge in [0.05, 0.1) is 17.7 Å². The lowest BCUT2D eigenvalue weighted by Crippen LogP contribution is -2.23. The molecule has 3 N–H and O–H groups in total. The summed E-state index contributed by atoms with van der Waals surface area (Å²) in [6.07, 6.45) is 0.922. The predicted octanol–water partition coefficient (Wildman–Crippen LogP) is 1.03. The first-order valence-electron chi connectivity index (χ1n) is 5.89. The number of amides is 1. The van der Waals surface area contributed by atoms with Crippen molar-refractivity contribution < 1.29 is 14.8 Å². The normalized spacial score (nSPS) is 10.1. The van der Waals surface area contributed by atoms with Gasteiger partial charge in [0.15, 0.2) is 0 Å². The van der Waals surface area contributed by atoms with Gasteiger partial charge in [0.2, 0.25) is 0 Å². The largest absolute Gasteiger partial charge is 0.392 e. The molecule has 0 radical (unpaired) electrons. The third-order valence-corrected chi connectivity index (χ3v) is 2.71. The van der Waals surface area contributed by atoms with Crippen LogP contribution in [0, 0.1) is 10.1 Å². The van der Waals surface area contributed by atoms with Crippen molar-refractivity contribution >= 4 is 17.3 Å². The Balaban J connectivity index is 2.29. The third-order valence-electron chi connectivity index (χ3n) is 2.71. The number of aliphatic hydroxyl groups is 1. The Morgan fingerprint density at radius 2 is 2.14 bits per heavy atom. The van der Waals surface area contributed by atoms with Crippen LogP contribution in [0.15, 0.2) is 41.3 Å². The number of hydrogen-bond donors (Lipinski definition) is 3. The van der Waals surface area contributed by atoms with E-state index in [4.69, 9.17) is 5.11 Å². The van der Waals surface area contributed by atoms with Crippen LogP contribution in [0.25, 0.3) is 0 Å². The molecule has 1 aromatic heterocycles. The second kappa shape index (κ2) is 5.97. The van der Waals surface area contributed by atoms with Gasteiger partial charge in [-0.1, -0.05) is 12.1 Å². The van der Waals surface area contributed by atoms with E-state index in [0.717, 1.165) is 12.3 Å². The van der Waals surface area contributed by atoms with Crippen LogP contribution in [0.4, 0.5) is 11.4 Å². The first-order valence-corrected chi connectivity index (χ1v) is 5.89. The van der Waals surface area contributed by atoms with Crippen LogP contribution in [0.3, 0.4) is 0 Å². The van der Waals surface area contributed by atoms with Gasteiger partial charge < -0.3 is 15.4 Å². The molecule has 0 saturated heterocycles. The maximum absolute atomic E-state index is 12.0. The van der Waals surface area contributed by atoms with Gasteiger partial charge in [-0.2, -0.15) is 0 Å². The number of anilines is 1. The van der Waals surface area contributed by atoms with E-state index in [0.29, 0.717) is 11.3 Å². The Morgan fingerprint density at radius 1 is 1.38 bits per heavy atom. The number of benzene rings is 1. The van der Waals surface area contributed by atoms with Crippen molar-refractivity contribution in [2.75, 3.05) is 5.32 Å². The van der Waals surface area contributed by atoms with Crippen LogP contribution in [0.1, 0.15) is 15.9 Å². The van der Waals surface area contributed by atoms with Gasteiger partial charge in [0, 0.05) is 11.8 Å². The molecule has 0 aliphatic carbocycles. The van der Waals surface area contributed by atoms with Gasteiger partial charge in [-0.15, -0.1) is 0 Å². The average Bonchev–Trinajstić information content (AvgIpc) is 2.47. The molecule has 0 unspecified atom stereocenters. The number of rotatable bonds is 4. The Kier molecular flexibility index (Phi) is 4.10. The van der Waals surface area contributed by atoms with Crippen LogP contribution in [-0.4, -0.2) is 20.9 Å². The molecule has 108 valence electrons. The van der Waals surface area contributed by atoms with Gasteiger partial charge in [-0.3, -0.25) is 19.7 Å². The highest BCUT2D eigenvalue weighted by Crippen LogP contribution is 2.13. The van der Waals surface area contributed by atoms with Gasteiger partial charge >= 0.3 is 0 Å². The first-order chi connectivity index (χ1) is 10.0. The first kappa shape index (κ1) is 14.4. The number of aliphatic hydroxyl groups excluding tert-OH is 1. The maximum Gasteiger partial charge on any atom is 0.286 e. The number of nitrogens with zero attached hydrogens (tertiary/aromatic N) is 1. The van der Waals surface area contributed by atoms with E-state index in [1.54, 1.807) is 18.2 Å². The molecule has 8 heteroatoms. The molecule has 0 aliphatic rings. The van der Waals surface area contributed by atoms with E-state index in [-0.39, 0.29) is 17.9 Å². The third kappa shape index (κ3) is 3.31. The molecule has 0 fully saturated rings. The van der Waals surface area contributed by atoms with Crippen LogP contribution >= 0.6 is 0 Å². The Morgan fingerprint density at radius 3 is 2.81 bits per heavy atom. The fourth-order valence-corrected chi connectivity index (χ4v) is 1.69. The molecule has 0 bridgehead atoms. The number of carbonyl (C=O) groups is 1. The smallest absolute Gasteiger partial charge is 0.286 e. The highest BCUT2D eigenvalue weighted by Gasteiger charge is 2.16. The van der Waals surface area contributed by atoms with Gasteiger partial charge in [-0.05, 0) is 17.7 Å². The Hall–Kier alpha value is -3.00. The quantitative estimate of drug-likeness (QED) is 0.572. The lowest BCUT2D eigenvalue weighted by molar-refractivity contribution is -0.385. The standard InChI is InChI=1S/C13H11N3O5/c17-7-8-2-1-3-9(4-8)15-13(19)11-5-10(16(20)21)6-14-12(11)18/h1-6,17H,7H2,(H,14,18)(H,15,19). The topological polar surface area (TPSA) is 125 Å². The van der Waals surface area contributed by atoms with Crippen molar-refractivity contribution in [2.45, 2.75) is 6.61 Å². The summed E-state index contributed by atoms with van der Waals surface area (Å²) in [6.45, 7) is -0.193. The van der Waals surface area contributed by atoms with E-state index in [1.165, 1.54) is 6.07 Å². The fraction of sp³-hybridized carbons (Fsp3) is 0.0769. The van der Waals surface area contributed by atoms with E-state index >= 15 is 0 Å². The molecule has 0 saturated carbocycles. The summed E-state index contributed by atoms with van der Waals surface area (Å²) in [5.74, 6) is -0.768. The number of carbonyl (C=O) groups excluding carboxylic acids is 1. The minimum Gasteiger partial charge on any atom is -0.392 e. The van der Waals surface area contributed by atoms with Gasteiger partial charge in [-0.25, -0.2) is 0 Å². The zero-order valence-electron chi connectivity index (χ0n) is 10.7. The molecule has 0 atom stereocenters. The number of aromatic amines is 1. The predicted molar refractivity (Wildman–Crippen MR) is 74.0 cm³/mol. The highest BCUT2D eigenvalue weighted by atomic mass is 16.6. The van der Waals surface area contributed by atoms with Crippen molar-refractivity contribution in [3.05, 3.63) is 68.1 Å². The molecule has 0 spiro atoms. The SMILES string of the molecule is O=C(Nc1cccc(CO)c1)c1cc([N+](=O)[O-])c[nH]c1=O. The summed E-state index contributed by atoms with van der Waals surface area (Å²) in [6, 6.07) is 7.30. The Labute approximate surface area is 118 Å². The van der Waals surface area contributed by atoms with E-state index in [9.17, 15) is 19.7 Å². The molecule has 2 aromatic rings. The molecule has 1 heterocycles. The minimum atomic E-state index is -0.768. The van der Waals surface area contributed by atoms with Gasteiger partial charge in [0.1, 0.15) is 5.56 Å². The molecular weight excluding hydrogens is 278 g/mol. The zero-order valence-corrected chi connectivity index (χ0v) is 10.7. The van der Waals surface area contributed by atoms with Crippen molar-refractivity contribution in [1.29, 1.82) is 0 Å². The van der Waals surface area contributed by atoms with E-state index in [1.807, 2.05) is 0 Å². The second-order valence-electron chi connectivity index (χ2n) is 4.17. The van der Waals surface area contributed by atoms with Crippen LogP contribution < -0.4 is 10.9 Å². The number of aromatic nitrogens is 1. The summed E-state index contributed by atoms with van der Waals surface area (Å²) in [5.41, 5.74) is -0.517. The van der Waals surface area contributed by atoms with Crippen molar-refractivity contribution in [3.63, 3.8) is 0 Å². The summed E-state index contributed by atoms with van der Waals surface area (Å²) in [7, 11) is 0. The molecule has 1 amide bonds. The fourth-order valence-electron chi connectivity index (χ4n) is 1.69. The summed E-state index contributed by atoms with van der Waals surface area (Å²) in [4.78, 5) is 35.6. The number of pyridine rings is 1. The summed E-state index contributed by atoms with van der Waals surface area (Å²) >= 11 is 0. The molecular formula is C13H11N3O5. The van der Waals surface area contributed by atoms with Crippen LogP contribution in [0.2, 0.25) is 0 Å². The lowest BCUT2D eigenvalue weighted by atomic mass is 10.2. The molecule has 2 rings (SSSR count). The lowest BCUT2D eigenvalue weighted by Gasteiger charge is -2.06. The van der Waals surface area contributed by atoms with Gasteiger partial charge in [0.25, 0.3) is 17.2 Å².